The van der Waals surface area contributed by atoms with E-state index in [1.54, 1.807) is 30.0 Å². The standard InChI is InChI=1S/C14H18ClNO3/c1-14(18)5-7-16(8-6-14)13(17)11-4-3-10(15)9-12(11)19-2/h3-4,9,18H,5-8H2,1-2H3. The molecule has 1 amide bonds. The Morgan fingerprint density at radius 2 is 2.05 bits per heavy atom. The minimum absolute atomic E-state index is 0.0796. The highest BCUT2D eigenvalue weighted by Gasteiger charge is 2.30. The van der Waals surface area contributed by atoms with Crippen LogP contribution >= 0.6 is 11.6 Å². The molecule has 1 aliphatic heterocycles. The van der Waals surface area contributed by atoms with Crippen molar-refractivity contribution in [1.82, 2.24) is 4.90 Å². The number of rotatable bonds is 2. The van der Waals surface area contributed by atoms with Crippen LogP contribution in [0.2, 0.25) is 5.02 Å². The average molecular weight is 284 g/mol. The molecular formula is C14H18ClNO3. The van der Waals surface area contributed by atoms with E-state index in [1.807, 2.05) is 0 Å². The highest BCUT2D eigenvalue weighted by molar-refractivity contribution is 6.30. The molecule has 1 N–H and O–H groups in total. The minimum Gasteiger partial charge on any atom is -0.496 e. The van der Waals surface area contributed by atoms with Gasteiger partial charge in [-0.15, -0.1) is 0 Å². The summed E-state index contributed by atoms with van der Waals surface area (Å²) in [5.41, 5.74) is -0.158. The summed E-state index contributed by atoms with van der Waals surface area (Å²) in [6.07, 6.45) is 1.18. The van der Waals surface area contributed by atoms with Crippen molar-refractivity contribution < 1.29 is 14.6 Å². The van der Waals surface area contributed by atoms with Gasteiger partial charge in [0.15, 0.2) is 0 Å². The second kappa shape index (κ2) is 5.39. The summed E-state index contributed by atoms with van der Waals surface area (Å²) in [5, 5.41) is 10.4. The number of hydrogen-bond donors (Lipinski definition) is 1. The van der Waals surface area contributed by atoms with E-state index in [2.05, 4.69) is 0 Å². The molecule has 0 spiro atoms. The molecule has 0 aliphatic carbocycles. The Morgan fingerprint density at radius 3 is 2.63 bits per heavy atom. The third kappa shape index (κ3) is 3.19. The van der Waals surface area contributed by atoms with Crippen LogP contribution in [0.4, 0.5) is 0 Å². The van der Waals surface area contributed by atoms with Crippen molar-refractivity contribution >= 4 is 17.5 Å². The summed E-state index contributed by atoms with van der Waals surface area (Å²) >= 11 is 5.89. The molecule has 0 saturated carbocycles. The van der Waals surface area contributed by atoms with E-state index in [-0.39, 0.29) is 5.91 Å². The van der Waals surface area contributed by atoms with Gasteiger partial charge >= 0.3 is 0 Å². The van der Waals surface area contributed by atoms with Gasteiger partial charge in [0.05, 0.1) is 18.3 Å². The van der Waals surface area contributed by atoms with Gasteiger partial charge in [0.2, 0.25) is 0 Å². The number of methoxy groups -OCH3 is 1. The summed E-state index contributed by atoms with van der Waals surface area (Å²) in [6.45, 7) is 2.91. The molecule has 4 nitrogen and oxygen atoms in total. The van der Waals surface area contributed by atoms with Crippen molar-refractivity contribution in [2.24, 2.45) is 0 Å². The molecule has 0 radical (unpaired) electrons. The zero-order valence-electron chi connectivity index (χ0n) is 11.1. The quantitative estimate of drug-likeness (QED) is 0.906. The SMILES string of the molecule is COc1cc(Cl)ccc1C(=O)N1CCC(C)(O)CC1. The van der Waals surface area contributed by atoms with Gasteiger partial charge in [-0.2, -0.15) is 0 Å². The molecule has 0 aromatic heterocycles. The molecule has 1 fully saturated rings. The van der Waals surface area contributed by atoms with E-state index in [1.165, 1.54) is 7.11 Å². The molecule has 0 unspecified atom stereocenters. The summed E-state index contributed by atoms with van der Waals surface area (Å²) in [6, 6.07) is 4.99. The number of piperidine rings is 1. The number of benzene rings is 1. The fourth-order valence-corrected chi connectivity index (χ4v) is 2.37. The third-order valence-electron chi connectivity index (χ3n) is 3.52. The lowest BCUT2D eigenvalue weighted by Crippen LogP contribution is -2.45. The molecule has 1 aromatic rings. The smallest absolute Gasteiger partial charge is 0.257 e. The van der Waals surface area contributed by atoms with Crippen molar-refractivity contribution in [3.8, 4) is 5.75 Å². The van der Waals surface area contributed by atoms with Crippen LogP contribution in [0.1, 0.15) is 30.1 Å². The maximum Gasteiger partial charge on any atom is 0.257 e. The molecule has 1 aromatic carbocycles. The topological polar surface area (TPSA) is 49.8 Å². The molecule has 0 atom stereocenters. The van der Waals surface area contributed by atoms with Crippen molar-refractivity contribution in [1.29, 1.82) is 0 Å². The Hall–Kier alpha value is -1.26. The molecule has 1 heterocycles. The number of hydrogen-bond acceptors (Lipinski definition) is 3. The van der Waals surface area contributed by atoms with Gasteiger partial charge in [0.1, 0.15) is 5.75 Å². The highest BCUT2D eigenvalue weighted by atomic mass is 35.5. The maximum atomic E-state index is 12.4. The Morgan fingerprint density at radius 1 is 1.42 bits per heavy atom. The van der Waals surface area contributed by atoms with Crippen LogP contribution < -0.4 is 4.74 Å². The second-order valence-corrected chi connectivity index (χ2v) is 5.57. The zero-order valence-corrected chi connectivity index (χ0v) is 11.9. The number of amides is 1. The van der Waals surface area contributed by atoms with Crippen LogP contribution in [0.5, 0.6) is 5.75 Å². The number of aliphatic hydroxyl groups is 1. The molecular weight excluding hydrogens is 266 g/mol. The van der Waals surface area contributed by atoms with Gasteiger partial charge < -0.3 is 14.7 Å². The Bertz CT molecular complexity index is 478. The third-order valence-corrected chi connectivity index (χ3v) is 3.76. The van der Waals surface area contributed by atoms with Crippen LogP contribution in [-0.4, -0.2) is 41.7 Å². The number of halogens is 1. The highest BCUT2D eigenvalue weighted by Crippen LogP contribution is 2.27. The van der Waals surface area contributed by atoms with Gasteiger partial charge in [-0.1, -0.05) is 11.6 Å². The fraction of sp³-hybridized carbons (Fsp3) is 0.500. The van der Waals surface area contributed by atoms with Gasteiger partial charge in [-0.05, 0) is 38.0 Å². The normalized spacial score (nSPS) is 18.2. The van der Waals surface area contributed by atoms with Crippen LogP contribution in [-0.2, 0) is 0 Å². The molecule has 2 rings (SSSR count). The number of carbonyl (C=O) groups excluding carboxylic acids is 1. The van der Waals surface area contributed by atoms with Gasteiger partial charge in [0.25, 0.3) is 5.91 Å². The molecule has 104 valence electrons. The fourth-order valence-electron chi connectivity index (χ4n) is 2.20. The average Bonchev–Trinajstić information content (AvgIpc) is 2.37. The predicted molar refractivity (Wildman–Crippen MR) is 73.8 cm³/mol. The van der Waals surface area contributed by atoms with Crippen molar-refractivity contribution in [2.45, 2.75) is 25.4 Å². The lowest BCUT2D eigenvalue weighted by molar-refractivity contribution is -0.00208. The number of likely N-dealkylation sites (tertiary alicyclic amines) is 1. The van der Waals surface area contributed by atoms with Gasteiger partial charge in [0, 0.05) is 18.1 Å². The van der Waals surface area contributed by atoms with E-state index in [0.717, 1.165) is 0 Å². The Kier molecular flexibility index (Phi) is 4.02. The van der Waals surface area contributed by atoms with E-state index in [4.69, 9.17) is 16.3 Å². The van der Waals surface area contributed by atoms with E-state index >= 15 is 0 Å². The summed E-state index contributed by atoms with van der Waals surface area (Å²) in [4.78, 5) is 14.2. The number of nitrogens with zero attached hydrogens (tertiary/aromatic N) is 1. The Labute approximate surface area is 117 Å². The van der Waals surface area contributed by atoms with E-state index < -0.39 is 5.60 Å². The first-order chi connectivity index (χ1) is 8.93. The van der Waals surface area contributed by atoms with Crippen LogP contribution in [0.15, 0.2) is 18.2 Å². The van der Waals surface area contributed by atoms with Gasteiger partial charge in [-0.3, -0.25) is 4.79 Å². The number of carbonyl (C=O) groups is 1. The second-order valence-electron chi connectivity index (χ2n) is 5.13. The summed E-state index contributed by atoms with van der Waals surface area (Å²) in [5.74, 6) is 0.402. The van der Waals surface area contributed by atoms with Crippen LogP contribution in [0.25, 0.3) is 0 Å². The van der Waals surface area contributed by atoms with Crippen LogP contribution in [0, 0.1) is 0 Å². The maximum absolute atomic E-state index is 12.4. The first kappa shape index (κ1) is 14.2. The molecule has 1 saturated heterocycles. The van der Waals surface area contributed by atoms with Crippen LogP contribution in [0.3, 0.4) is 0 Å². The summed E-state index contributed by atoms with van der Waals surface area (Å²) in [7, 11) is 1.52. The van der Waals surface area contributed by atoms with Crippen molar-refractivity contribution in [2.75, 3.05) is 20.2 Å². The first-order valence-electron chi connectivity index (χ1n) is 6.28. The largest absolute Gasteiger partial charge is 0.496 e. The van der Waals surface area contributed by atoms with Crippen molar-refractivity contribution in [3.63, 3.8) is 0 Å². The monoisotopic (exact) mass is 283 g/mol. The molecule has 0 bridgehead atoms. The molecule has 5 heteroatoms. The van der Waals surface area contributed by atoms with E-state index in [0.29, 0.717) is 42.3 Å². The predicted octanol–water partition coefficient (Wildman–Crippen LogP) is 2.34. The molecule has 19 heavy (non-hydrogen) atoms. The molecule has 1 aliphatic rings. The van der Waals surface area contributed by atoms with Gasteiger partial charge in [-0.25, -0.2) is 0 Å². The first-order valence-corrected chi connectivity index (χ1v) is 6.66. The zero-order chi connectivity index (χ0) is 14.0. The lowest BCUT2D eigenvalue weighted by atomic mass is 9.93. The minimum atomic E-state index is -0.666. The van der Waals surface area contributed by atoms with E-state index in [9.17, 15) is 9.90 Å². The summed E-state index contributed by atoms with van der Waals surface area (Å²) < 4.78 is 5.20. The Balaban J connectivity index is 2.16. The van der Waals surface area contributed by atoms with Crippen molar-refractivity contribution in [3.05, 3.63) is 28.8 Å². The number of ether oxygens (including phenoxy) is 1. The lowest BCUT2D eigenvalue weighted by Gasteiger charge is -2.36.